The van der Waals surface area contributed by atoms with Crippen molar-refractivity contribution in [3.63, 3.8) is 0 Å². The topological polar surface area (TPSA) is 64.3 Å². The first-order valence-electron chi connectivity index (χ1n) is 6.00. The Morgan fingerprint density at radius 3 is 2.89 bits per heavy atom. The van der Waals surface area contributed by atoms with Gasteiger partial charge in [0.1, 0.15) is 11.6 Å². The van der Waals surface area contributed by atoms with Gasteiger partial charge in [-0.3, -0.25) is 4.79 Å². The molecule has 0 aliphatic rings. The van der Waals surface area contributed by atoms with Crippen molar-refractivity contribution in [2.24, 2.45) is 5.73 Å². The van der Waals surface area contributed by atoms with E-state index in [1.807, 2.05) is 0 Å². The first kappa shape index (κ1) is 15.5. The largest absolute Gasteiger partial charge is 0.385 e. The minimum absolute atomic E-state index is 0.0829. The zero-order valence-corrected chi connectivity index (χ0v) is 10.8. The molecule has 0 fully saturated rings. The van der Waals surface area contributed by atoms with Gasteiger partial charge in [-0.15, -0.1) is 0 Å². The summed E-state index contributed by atoms with van der Waals surface area (Å²) in [6, 6.07) is 2.42. The summed E-state index contributed by atoms with van der Waals surface area (Å²) < 4.78 is 31.1. The summed E-state index contributed by atoms with van der Waals surface area (Å²) in [6.07, 6.45) is 1.14. The lowest BCUT2D eigenvalue weighted by atomic mass is 10.1. The molecular formula is C13H18F2N2O2. The molecule has 3 N–H and O–H groups in total. The molecule has 1 rings (SSSR count). The summed E-state index contributed by atoms with van der Waals surface area (Å²) in [5.41, 5.74) is 5.75. The number of methoxy groups -OCH3 is 1. The van der Waals surface area contributed by atoms with Crippen molar-refractivity contribution < 1.29 is 18.3 Å². The van der Waals surface area contributed by atoms with Crippen molar-refractivity contribution in [3.8, 4) is 0 Å². The van der Waals surface area contributed by atoms with E-state index >= 15 is 0 Å². The molecule has 106 valence electrons. The highest BCUT2D eigenvalue weighted by Gasteiger charge is 2.13. The number of rotatable bonds is 7. The van der Waals surface area contributed by atoms with Gasteiger partial charge in [0.2, 0.25) is 5.91 Å². The molecule has 0 radical (unpaired) electrons. The van der Waals surface area contributed by atoms with Crippen LogP contribution in [0.2, 0.25) is 0 Å². The Hall–Kier alpha value is -1.53. The third-order valence-electron chi connectivity index (χ3n) is 2.66. The van der Waals surface area contributed by atoms with Crippen molar-refractivity contribution in [1.82, 2.24) is 5.32 Å². The number of hydrogen-bond donors (Lipinski definition) is 2. The summed E-state index contributed by atoms with van der Waals surface area (Å²) in [5.74, 6) is -1.50. The molecule has 4 nitrogen and oxygen atoms in total. The Morgan fingerprint density at radius 1 is 1.47 bits per heavy atom. The smallest absolute Gasteiger partial charge is 0.237 e. The second-order valence-corrected chi connectivity index (χ2v) is 4.20. The number of hydrogen-bond acceptors (Lipinski definition) is 3. The lowest BCUT2D eigenvalue weighted by molar-refractivity contribution is -0.122. The van der Waals surface area contributed by atoms with Crippen LogP contribution >= 0.6 is 0 Å². The quantitative estimate of drug-likeness (QED) is 0.736. The van der Waals surface area contributed by atoms with Crippen LogP contribution in [0, 0.1) is 11.6 Å². The number of ether oxygens (including phenoxy) is 1. The maximum atomic E-state index is 13.3. The van der Waals surface area contributed by atoms with Crippen LogP contribution in [-0.2, 0) is 16.1 Å². The molecule has 0 aliphatic heterocycles. The Kier molecular flexibility index (Phi) is 6.38. The molecule has 0 heterocycles. The summed E-state index contributed by atoms with van der Waals surface area (Å²) >= 11 is 0. The SMILES string of the molecule is COCCCC(N)C(=O)NCc1cc(F)ccc1F. The van der Waals surface area contributed by atoms with E-state index in [1.165, 1.54) is 0 Å². The predicted molar refractivity (Wildman–Crippen MR) is 67.3 cm³/mol. The predicted octanol–water partition coefficient (Wildman–Crippen LogP) is 1.33. The van der Waals surface area contributed by atoms with Gasteiger partial charge in [0.05, 0.1) is 6.04 Å². The average molecular weight is 272 g/mol. The Morgan fingerprint density at radius 2 is 2.21 bits per heavy atom. The van der Waals surface area contributed by atoms with Crippen LogP contribution in [-0.4, -0.2) is 25.7 Å². The zero-order chi connectivity index (χ0) is 14.3. The average Bonchev–Trinajstić information content (AvgIpc) is 2.39. The van der Waals surface area contributed by atoms with Gasteiger partial charge >= 0.3 is 0 Å². The van der Waals surface area contributed by atoms with Gasteiger partial charge in [-0.1, -0.05) is 0 Å². The monoisotopic (exact) mass is 272 g/mol. The molecule has 1 aromatic rings. The van der Waals surface area contributed by atoms with Gasteiger partial charge in [0, 0.05) is 25.8 Å². The molecule has 0 bridgehead atoms. The van der Waals surface area contributed by atoms with Crippen LogP contribution in [0.25, 0.3) is 0 Å². The molecule has 1 unspecified atom stereocenters. The van der Waals surface area contributed by atoms with Crippen LogP contribution in [0.4, 0.5) is 8.78 Å². The van der Waals surface area contributed by atoms with Crippen LogP contribution in [0.1, 0.15) is 18.4 Å². The van der Waals surface area contributed by atoms with E-state index in [-0.39, 0.29) is 18.0 Å². The van der Waals surface area contributed by atoms with Crippen molar-refractivity contribution >= 4 is 5.91 Å². The molecule has 6 heteroatoms. The molecule has 0 saturated heterocycles. The molecule has 0 saturated carbocycles. The summed E-state index contributed by atoms with van der Waals surface area (Å²) in [6.45, 7) is 0.444. The molecule has 0 spiro atoms. The Bertz CT molecular complexity index is 427. The minimum atomic E-state index is -0.674. The van der Waals surface area contributed by atoms with E-state index in [1.54, 1.807) is 7.11 Å². The lowest BCUT2D eigenvalue weighted by Crippen LogP contribution is -2.40. The van der Waals surface area contributed by atoms with Crippen molar-refractivity contribution in [2.45, 2.75) is 25.4 Å². The molecule has 0 aromatic heterocycles. The first-order valence-corrected chi connectivity index (χ1v) is 6.00. The normalized spacial score (nSPS) is 12.2. The Labute approximate surface area is 110 Å². The summed E-state index contributed by atoms with van der Waals surface area (Å²) in [7, 11) is 1.57. The van der Waals surface area contributed by atoms with Crippen molar-refractivity contribution in [2.75, 3.05) is 13.7 Å². The van der Waals surface area contributed by atoms with Crippen molar-refractivity contribution in [1.29, 1.82) is 0 Å². The fourth-order valence-electron chi connectivity index (χ4n) is 1.57. The molecule has 1 aromatic carbocycles. The van der Waals surface area contributed by atoms with Crippen LogP contribution in [0.5, 0.6) is 0 Å². The first-order chi connectivity index (χ1) is 9.04. The number of carbonyl (C=O) groups is 1. The zero-order valence-electron chi connectivity index (χ0n) is 10.8. The van der Waals surface area contributed by atoms with E-state index in [2.05, 4.69) is 5.32 Å². The molecule has 1 amide bonds. The number of halogens is 2. The van der Waals surface area contributed by atoms with Crippen LogP contribution in [0.3, 0.4) is 0 Å². The van der Waals surface area contributed by atoms with Gasteiger partial charge in [0.25, 0.3) is 0 Å². The standard InChI is InChI=1S/C13H18F2N2O2/c1-19-6-2-3-12(16)13(18)17-8-9-7-10(14)4-5-11(9)15/h4-5,7,12H,2-3,6,8,16H2,1H3,(H,17,18). The number of nitrogens with one attached hydrogen (secondary N) is 1. The van der Waals surface area contributed by atoms with E-state index in [9.17, 15) is 13.6 Å². The third-order valence-corrected chi connectivity index (χ3v) is 2.66. The van der Waals surface area contributed by atoms with E-state index in [0.29, 0.717) is 19.4 Å². The van der Waals surface area contributed by atoms with Crippen molar-refractivity contribution in [3.05, 3.63) is 35.4 Å². The summed E-state index contributed by atoms with van der Waals surface area (Å²) in [5, 5.41) is 2.48. The van der Waals surface area contributed by atoms with E-state index in [4.69, 9.17) is 10.5 Å². The van der Waals surface area contributed by atoms with Crippen LogP contribution in [0.15, 0.2) is 18.2 Å². The van der Waals surface area contributed by atoms with Gasteiger partial charge in [0.15, 0.2) is 0 Å². The highest BCUT2D eigenvalue weighted by atomic mass is 19.1. The number of benzene rings is 1. The number of nitrogens with two attached hydrogens (primary N) is 1. The fraction of sp³-hybridized carbons (Fsp3) is 0.462. The van der Waals surface area contributed by atoms with E-state index in [0.717, 1.165) is 18.2 Å². The number of carbonyl (C=O) groups excluding carboxylic acids is 1. The van der Waals surface area contributed by atoms with Gasteiger partial charge < -0.3 is 15.8 Å². The Balaban J connectivity index is 2.43. The minimum Gasteiger partial charge on any atom is -0.385 e. The maximum absolute atomic E-state index is 13.3. The van der Waals surface area contributed by atoms with Gasteiger partial charge in [-0.25, -0.2) is 8.78 Å². The summed E-state index contributed by atoms with van der Waals surface area (Å²) in [4.78, 5) is 11.6. The highest BCUT2D eigenvalue weighted by Crippen LogP contribution is 2.09. The van der Waals surface area contributed by atoms with E-state index < -0.39 is 17.7 Å². The van der Waals surface area contributed by atoms with Gasteiger partial charge in [-0.2, -0.15) is 0 Å². The fourth-order valence-corrected chi connectivity index (χ4v) is 1.57. The molecule has 0 aliphatic carbocycles. The second kappa shape index (κ2) is 7.81. The number of amides is 1. The second-order valence-electron chi connectivity index (χ2n) is 4.20. The lowest BCUT2D eigenvalue weighted by Gasteiger charge is -2.12. The maximum Gasteiger partial charge on any atom is 0.237 e. The third kappa shape index (κ3) is 5.32. The molecule has 1 atom stereocenters. The highest BCUT2D eigenvalue weighted by molar-refractivity contribution is 5.81. The van der Waals surface area contributed by atoms with Crippen LogP contribution < -0.4 is 11.1 Å². The molecular weight excluding hydrogens is 254 g/mol. The van der Waals surface area contributed by atoms with Gasteiger partial charge in [-0.05, 0) is 31.0 Å². The molecule has 19 heavy (non-hydrogen) atoms.